The smallest absolute Gasteiger partial charge is 0.244 e. The zero-order chi connectivity index (χ0) is 20.9. The van der Waals surface area contributed by atoms with E-state index < -0.39 is 16.6 Å². The summed E-state index contributed by atoms with van der Waals surface area (Å²) in [6, 6.07) is 5.85. The summed E-state index contributed by atoms with van der Waals surface area (Å²) < 4.78 is 18.9. The van der Waals surface area contributed by atoms with Gasteiger partial charge in [-0.05, 0) is 62.6 Å². The molecule has 0 bridgehead atoms. The highest BCUT2D eigenvalue weighted by molar-refractivity contribution is 9.10. The molecular formula is C20H34BrNO3Si2. The van der Waals surface area contributed by atoms with Crippen molar-refractivity contribution in [3.8, 4) is 5.75 Å². The van der Waals surface area contributed by atoms with Crippen LogP contribution in [-0.4, -0.2) is 36.1 Å². The normalized spacial score (nSPS) is 13.1. The molecule has 0 radical (unpaired) electrons. The van der Waals surface area contributed by atoms with Crippen LogP contribution in [0.2, 0.25) is 37.8 Å². The first kappa shape index (κ1) is 24.1. The first-order valence-electron chi connectivity index (χ1n) is 9.19. The Bertz CT molecular complexity index is 677. The van der Waals surface area contributed by atoms with Gasteiger partial charge >= 0.3 is 0 Å². The Morgan fingerprint density at radius 3 is 2.33 bits per heavy atom. The highest BCUT2D eigenvalue weighted by Crippen LogP contribution is 2.36. The molecule has 152 valence electrons. The Balaban J connectivity index is 2.73. The Morgan fingerprint density at radius 1 is 1.15 bits per heavy atom. The van der Waals surface area contributed by atoms with E-state index in [1.807, 2.05) is 18.2 Å². The van der Waals surface area contributed by atoms with Gasteiger partial charge in [0.15, 0.2) is 14.2 Å². The molecule has 4 nitrogen and oxygen atoms in total. The van der Waals surface area contributed by atoms with Crippen molar-refractivity contribution >= 4 is 38.8 Å². The highest BCUT2D eigenvalue weighted by Gasteiger charge is 2.36. The first-order chi connectivity index (χ1) is 12.2. The number of nitrogens with zero attached hydrogens (tertiary/aromatic N) is 1. The molecule has 0 heterocycles. The zero-order valence-electron chi connectivity index (χ0n) is 18.0. The number of ether oxygens (including phenoxy) is 1. The minimum absolute atomic E-state index is 0.194. The van der Waals surface area contributed by atoms with E-state index in [-0.39, 0.29) is 5.04 Å². The lowest BCUT2D eigenvalue weighted by atomic mass is 10.2. The van der Waals surface area contributed by atoms with Crippen LogP contribution >= 0.6 is 15.9 Å². The molecule has 0 saturated heterocycles. The Hall–Kier alpha value is -0.896. The van der Waals surface area contributed by atoms with Gasteiger partial charge in [0.05, 0.1) is 6.61 Å². The Morgan fingerprint density at radius 2 is 1.78 bits per heavy atom. The molecule has 0 unspecified atom stereocenters. The largest absolute Gasteiger partial charge is 0.532 e. The van der Waals surface area contributed by atoms with Crippen LogP contribution in [0.25, 0.3) is 0 Å². The summed E-state index contributed by atoms with van der Waals surface area (Å²) in [5, 5.41) is 0.194. The molecular weight excluding hydrogens is 438 g/mol. The monoisotopic (exact) mass is 471 g/mol. The van der Waals surface area contributed by atoms with E-state index in [1.54, 1.807) is 6.21 Å². The summed E-state index contributed by atoms with van der Waals surface area (Å²) >= 11 is 3.50. The van der Waals surface area contributed by atoms with Crippen molar-refractivity contribution in [3.63, 3.8) is 0 Å². The molecule has 0 aliphatic carbocycles. The van der Waals surface area contributed by atoms with E-state index in [0.717, 1.165) is 15.8 Å². The molecule has 7 heteroatoms. The SMILES string of the molecule is C=C(N=Cc1cc(Br)ccc1OCCO[Si](C)(C)C(C)(C)C)O[Si](C)(C)C. The summed E-state index contributed by atoms with van der Waals surface area (Å²) in [6.45, 7) is 22.5. The third-order valence-electron chi connectivity index (χ3n) is 4.35. The van der Waals surface area contributed by atoms with Crippen LogP contribution in [0.5, 0.6) is 5.75 Å². The molecule has 1 rings (SSSR count). The molecule has 0 amide bonds. The lowest BCUT2D eigenvalue weighted by Crippen LogP contribution is -2.41. The molecule has 0 aliphatic rings. The van der Waals surface area contributed by atoms with Crippen molar-refractivity contribution in [1.29, 1.82) is 0 Å². The van der Waals surface area contributed by atoms with Gasteiger partial charge in [-0.3, -0.25) is 0 Å². The van der Waals surface area contributed by atoms with Gasteiger partial charge in [0, 0.05) is 16.3 Å². The minimum Gasteiger partial charge on any atom is -0.532 e. The van der Waals surface area contributed by atoms with Crippen molar-refractivity contribution < 1.29 is 13.6 Å². The third kappa shape index (κ3) is 8.76. The van der Waals surface area contributed by atoms with Gasteiger partial charge in [0.2, 0.25) is 8.32 Å². The summed E-state index contributed by atoms with van der Waals surface area (Å²) in [4.78, 5) is 4.35. The van der Waals surface area contributed by atoms with Crippen molar-refractivity contribution in [2.24, 2.45) is 4.99 Å². The maximum Gasteiger partial charge on any atom is 0.244 e. The topological polar surface area (TPSA) is 40.0 Å². The second-order valence-electron chi connectivity index (χ2n) is 9.01. The number of benzene rings is 1. The van der Waals surface area contributed by atoms with E-state index in [2.05, 4.69) is 81.0 Å². The molecule has 1 aromatic rings. The van der Waals surface area contributed by atoms with Crippen LogP contribution in [-0.2, 0) is 8.85 Å². The van der Waals surface area contributed by atoms with Crippen LogP contribution in [0.1, 0.15) is 26.3 Å². The van der Waals surface area contributed by atoms with E-state index >= 15 is 0 Å². The van der Waals surface area contributed by atoms with Crippen molar-refractivity contribution in [2.75, 3.05) is 13.2 Å². The minimum atomic E-state index is -1.76. The molecule has 0 atom stereocenters. The zero-order valence-corrected chi connectivity index (χ0v) is 21.6. The van der Waals surface area contributed by atoms with Gasteiger partial charge in [0.25, 0.3) is 0 Å². The fourth-order valence-electron chi connectivity index (χ4n) is 1.94. The van der Waals surface area contributed by atoms with Crippen molar-refractivity contribution in [1.82, 2.24) is 0 Å². The van der Waals surface area contributed by atoms with Crippen LogP contribution < -0.4 is 4.74 Å². The molecule has 0 spiro atoms. The third-order valence-corrected chi connectivity index (χ3v) is 10.2. The van der Waals surface area contributed by atoms with Gasteiger partial charge in [-0.1, -0.05) is 36.7 Å². The van der Waals surface area contributed by atoms with E-state index in [4.69, 9.17) is 13.6 Å². The van der Waals surface area contributed by atoms with Gasteiger partial charge < -0.3 is 13.6 Å². The second-order valence-corrected chi connectivity index (χ2v) is 19.2. The number of halogens is 1. The fraction of sp³-hybridized carbons (Fsp3) is 0.550. The quantitative estimate of drug-likeness (QED) is 0.176. The van der Waals surface area contributed by atoms with Crippen molar-refractivity contribution in [3.05, 3.63) is 40.7 Å². The average Bonchev–Trinajstić information content (AvgIpc) is 2.48. The fourth-order valence-corrected chi connectivity index (χ4v) is 4.10. The predicted molar refractivity (Wildman–Crippen MR) is 124 cm³/mol. The van der Waals surface area contributed by atoms with Gasteiger partial charge in [-0.25, -0.2) is 4.99 Å². The molecule has 0 N–H and O–H groups in total. The summed E-state index contributed by atoms with van der Waals surface area (Å²) in [5.74, 6) is 1.20. The molecule has 0 aliphatic heterocycles. The Kier molecular flexibility index (Phi) is 8.53. The summed E-state index contributed by atoms with van der Waals surface area (Å²) in [6.07, 6.45) is 1.73. The predicted octanol–water partition coefficient (Wildman–Crippen LogP) is 6.59. The van der Waals surface area contributed by atoms with Gasteiger partial charge in [-0.2, -0.15) is 0 Å². The number of hydrogen-bond acceptors (Lipinski definition) is 4. The lowest BCUT2D eigenvalue weighted by Gasteiger charge is -2.36. The molecule has 0 fully saturated rings. The van der Waals surface area contributed by atoms with Gasteiger partial charge in [-0.15, -0.1) is 0 Å². The van der Waals surface area contributed by atoms with Crippen LogP contribution in [0.4, 0.5) is 0 Å². The first-order valence-corrected chi connectivity index (χ1v) is 16.3. The van der Waals surface area contributed by atoms with E-state index in [0.29, 0.717) is 19.1 Å². The highest BCUT2D eigenvalue weighted by atomic mass is 79.9. The molecule has 0 saturated carbocycles. The maximum atomic E-state index is 6.17. The molecule has 0 aromatic heterocycles. The number of aliphatic imine (C=N–C) groups is 1. The Labute approximate surface area is 175 Å². The average molecular weight is 473 g/mol. The van der Waals surface area contributed by atoms with Crippen LogP contribution in [0.3, 0.4) is 0 Å². The van der Waals surface area contributed by atoms with Crippen LogP contribution in [0.15, 0.2) is 40.1 Å². The number of rotatable bonds is 9. The summed E-state index contributed by atoms with van der Waals surface area (Å²) in [5.41, 5.74) is 0.872. The standard InChI is InChI=1S/C20H34BrNO3Si2/c1-16(25-26(5,6)7)22-15-17-14-18(21)10-11-19(17)23-12-13-24-27(8,9)20(2,3)4/h10-11,14-15H,1,12-13H2,2-9H3. The van der Waals surface area contributed by atoms with Crippen molar-refractivity contribution in [2.45, 2.75) is 58.5 Å². The van der Waals surface area contributed by atoms with E-state index in [1.165, 1.54) is 0 Å². The second kappa shape index (κ2) is 9.54. The summed E-state index contributed by atoms with van der Waals surface area (Å²) in [7, 11) is -3.47. The molecule has 1 aromatic carbocycles. The maximum absolute atomic E-state index is 6.17. The lowest BCUT2D eigenvalue weighted by molar-refractivity contribution is 0.203. The van der Waals surface area contributed by atoms with E-state index in [9.17, 15) is 0 Å². The van der Waals surface area contributed by atoms with Gasteiger partial charge in [0.1, 0.15) is 12.4 Å². The van der Waals surface area contributed by atoms with Crippen LogP contribution in [0, 0.1) is 0 Å². The number of hydrogen-bond donors (Lipinski definition) is 0. The molecule has 27 heavy (non-hydrogen) atoms.